The van der Waals surface area contributed by atoms with Gasteiger partial charge in [-0.15, -0.1) is 0 Å². The quantitative estimate of drug-likeness (QED) is 0.842. The summed E-state index contributed by atoms with van der Waals surface area (Å²) in [6.07, 6.45) is 6.65. The van der Waals surface area contributed by atoms with Gasteiger partial charge in [0.05, 0.1) is 0 Å². The Balaban J connectivity index is 1.98. The van der Waals surface area contributed by atoms with Gasteiger partial charge in [0, 0.05) is 12.1 Å². The SMILES string of the molecule is CCC1(C)CCN(C2(CN)CCSCC2)CC1. The number of rotatable bonds is 3. The molecule has 0 aromatic carbocycles. The molecule has 0 unspecified atom stereocenters. The molecule has 17 heavy (non-hydrogen) atoms. The third-order valence-corrected chi connectivity index (χ3v) is 6.28. The first-order valence-corrected chi connectivity index (χ1v) is 8.32. The van der Waals surface area contributed by atoms with Gasteiger partial charge in [0.2, 0.25) is 0 Å². The van der Waals surface area contributed by atoms with Crippen molar-refractivity contribution >= 4 is 11.8 Å². The third kappa shape index (κ3) is 2.82. The molecule has 2 nitrogen and oxygen atoms in total. The molecule has 0 aromatic rings. The van der Waals surface area contributed by atoms with Crippen LogP contribution in [0.1, 0.15) is 46.0 Å². The Morgan fingerprint density at radius 3 is 2.18 bits per heavy atom. The van der Waals surface area contributed by atoms with E-state index < -0.39 is 0 Å². The first kappa shape index (κ1) is 13.7. The summed E-state index contributed by atoms with van der Waals surface area (Å²) >= 11 is 2.10. The maximum Gasteiger partial charge on any atom is 0.0347 e. The number of piperidine rings is 1. The molecule has 0 saturated carbocycles. The minimum atomic E-state index is 0.348. The van der Waals surface area contributed by atoms with Crippen LogP contribution in [0.5, 0.6) is 0 Å². The fraction of sp³-hybridized carbons (Fsp3) is 1.00. The highest BCUT2D eigenvalue weighted by Crippen LogP contribution is 2.39. The van der Waals surface area contributed by atoms with Crippen molar-refractivity contribution in [2.75, 3.05) is 31.1 Å². The van der Waals surface area contributed by atoms with Crippen LogP contribution in [0.25, 0.3) is 0 Å². The highest BCUT2D eigenvalue weighted by molar-refractivity contribution is 7.99. The molecule has 2 saturated heterocycles. The average Bonchev–Trinajstić information content (AvgIpc) is 2.40. The van der Waals surface area contributed by atoms with Gasteiger partial charge in [0.15, 0.2) is 0 Å². The summed E-state index contributed by atoms with van der Waals surface area (Å²) in [5.41, 5.74) is 7.06. The second-order valence-corrected chi connectivity index (χ2v) is 7.42. The lowest BCUT2D eigenvalue weighted by atomic mass is 9.76. The van der Waals surface area contributed by atoms with E-state index in [4.69, 9.17) is 5.73 Å². The molecule has 2 fully saturated rings. The summed E-state index contributed by atoms with van der Waals surface area (Å²) < 4.78 is 0. The van der Waals surface area contributed by atoms with Crippen LogP contribution >= 0.6 is 11.8 Å². The molecule has 0 amide bonds. The Morgan fingerprint density at radius 1 is 1.12 bits per heavy atom. The number of thioether (sulfide) groups is 1. The third-order valence-electron chi connectivity index (χ3n) is 5.30. The lowest BCUT2D eigenvalue weighted by Gasteiger charge is -2.50. The lowest BCUT2D eigenvalue weighted by Crippen LogP contribution is -2.58. The van der Waals surface area contributed by atoms with Gasteiger partial charge in [-0.25, -0.2) is 0 Å². The first-order chi connectivity index (χ1) is 8.14. The molecule has 0 bridgehead atoms. The van der Waals surface area contributed by atoms with Crippen molar-refractivity contribution in [1.82, 2.24) is 4.90 Å². The van der Waals surface area contributed by atoms with Gasteiger partial charge in [-0.05, 0) is 55.7 Å². The predicted molar refractivity (Wildman–Crippen MR) is 77.5 cm³/mol. The van der Waals surface area contributed by atoms with Crippen molar-refractivity contribution in [3.05, 3.63) is 0 Å². The van der Waals surface area contributed by atoms with Gasteiger partial charge in [-0.2, -0.15) is 11.8 Å². The van der Waals surface area contributed by atoms with Crippen molar-refractivity contribution in [1.29, 1.82) is 0 Å². The zero-order valence-electron chi connectivity index (χ0n) is 11.5. The second-order valence-electron chi connectivity index (χ2n) is 6.19. The molecular weight excluding hydrogens is 228 g/mol. The van der Waals surface area contributed by atoms with Crippen molar-refractivity contribution < 1.29 is 0 Å². The topological polar surface area (TPSA) is 29.3 Å². The monoisotopic (exact) mass is 256 g/mol. The second kappa shape index (κ2) is 5.50. The van der Waals surface area contributed by atoms with E-state index in [1.807, 2.05) is 0 Å². The Hall–Kier alpha value is 0.270. The highest BCUT2D eigenvalue weighted by atomic mass is 32.2. The molecule has 2 aliphatic heterocycles. The minimum absolute atomic E-state index is 0.348. The van der Waals surface area contributed by atoms with Crippen molar-refractivity contribution in [3.63, 3.8) is 0 Å². The van der Waals surface area contributed by atoms with Crippen LogP contribution in [0.15, 0.2) is 0 Å². The van der Waals surface area contributed by atoms with Crippen LogP contribution in [-0.4, -0.2) is 41.6 Å². The van der Waals surface area contributed by atoms with E-state index in [0.717, 1.165) is 6.54 Å². The Labute approximate surface area is 111 Å². The summed E-state index contributed by atoms with van der Waals surface area (Å²) in [6.45, 7) is 8.19. The van der Waals surface area contributed by atoms with E-state index in [1.54, 1.807) is 0 Å². The highest BCUT2D eigenvalue weighted by Gasteiger charge is 2.40. The standard InChI is InChI=1S/C14H28N2S/c1-3-13(2)4-8-16(9-5-13)14(12-15)6-10-17-11-7-14/h3-12,15H2,1-2H3. The lowest BCUT2D eigenvalue weighted by molar-refractivity contribution is 0.0197. The number of nitrogens with zero attached hydrogens (tertiary/aromatic N) is 1. The van der Waals surface area contributed by atoms with Crippen LogP contribution in [-0.2, 0) is 0 Å². The summed E-state index contributed by atoms with van der Waals surface area (Å²) in [4.78, 5) is 2.73. The summed E-state index contributed by atoms with van der Waals surface area (Å²) in [5.74, 6) is 2.61. The van der Waals surface area contributed by atoms with E-state index in [9.17, 15) is 0 Å². The maximum atomic E-state index is 6.12. The molecule has 3 heteroatoms. The summed E-state index contributed by atoms with van der Waals surface area (Å²) in [7, 11) is 0. The van der Waals surface area contributed by atoms with Crippen LogP contribution in [0.4, 0.5) is 0 Å². The molecule has 0 spiro atoms. The van der Waals surface area contributed by atoms with Crippen LogP contribution in [0.2, 0.25) is 0 Å². The molecule has 2 rings (SSSR count). The van der Waals surface area contributed by atoms with Crippen LogP contribution in [0.3, 0.4) is 0 Å². The molecule has 0 aliphatic carbocycles. The van der Waals surface area contributed by atoms with Crippen molar-refractivity contribution in [2.45, 2.75) is 51.5 Å². The van der Waals surface area contributed by atoms with Crippen molar-refractivity contribution in [3.8, 4) is 0 Å². The smallest absolute Gasteiger partial charge is 0.0347 e. The van der Waals surface area contributed by atoms with E-state index in [1.165, 1.54) is 56.7 Å². The summed E-state index contributed by atoms with van der Waals surface area (Å²) in [6, 6.07) is 0. The Bertz CT molecular complexity index is 241. The fourth-order valence-corrected chi connectivity index (χ4v) is 4.53. The van der Waals surface area contributed by atoms with E-state index >= 15 is 0 Å². The van der Waals surface area contributed by atoms with Crippen LogP contribution < -0.4 is 5.73 Å². The Kier molecular flexibility index (Phi) is 4.43. The number of nitrogens with two attached hydrogens (primary N) is 1. The van der Waals surface area contributed by atoms with Gasteiger partial charge in [0.25, 0.3) is 0 Å². The molecule has 2 heterocycles. The van der Waals surface area contributed by atoms with Crippen molar-refractivity contribution in [2.24, 2.45) is 11.1 Å². The van der Waals surface area contributed by atoms with E-state index in [2.05, 4.69) is 30.5 Å². The van der Waals surface area contributed by atoms with Crippen LogP contribution in [0, 0.1) is 5.41 Å². The molecule has 100 valence electrons. The molecular formula is C14H28N2S. The molecule has 2 N–H and O–H groups in total. The maximum absolute atomic E-state index is 6.12. The number of hydrogen-bond acceptors (Lipinski definition) is 3. The zero-order valence-corrected chi connectivity index (χ0v) is 12.3. The zero-order chi connectivity index (χ0) is 12.4. The van der Waals surface area contributed by atoms with Gasteiger partial charge < -0.3 is 5.73 Å². The summed E-state index contributed by atoms with van der Waals surface area (Å²) in [5, 5.41) is 0. The average molecular weight is 256 g/mol. The van der Waals surface area contributed by atoms with E-state index in [0.29, 0.717) is 11.0 Å². The predicted octanol–water partition coefficient (Wildman–Crippen LogP) is 2.72. The molecule has 2 aliphatic rings. The first-order valence-electron chi connectivity index (χ1n) is 7.17. The van der Waals surface area contributed by atoms with Gasteiger partial charge >= 0.3 is 0 Å². The minimum Gasteiger partial charge on any atom is -0.329 e. The van der Waals surface area contributed by atoms with Gasteiger partial charge in [0.1, 0.15) is 0 Å². The van der Waals surface area contributed by atoms with Gasteiger partial charge in [-0.3, -0.25) is 4.90 Å². The number of likely N-dealkylation sites (tertiary alicyclic amines) is 1. The van der Waals surface area contributed by atoms with Gasteiger partial charge in [-0.1, -0.05) is 20.3 Å². The molecule has 0 aromatic heterocycles. The Morgan fingerprint density at radius 2 is 1.71 bits per heavy atom. The normalized spacial score (nSPS) is 29.1. The number of hydrogen-bond donors (Lipinski definition) is 1. The molecule has 0 radical (unpaired) electrons. The fourth-order valence-electron chi connectivity index (χ4n) is 3.28. The largest absolute Gasteiger partial charge is 0.329 e. The molecule has 0 atom stereocenters. The van der Waals surface area contributed by atoms with E-state index in [-0.39, 0.29) is 0 Å².